The Kier molecular flexibility index (Phi) is 6.25. The van der Waals surface area contributed by atoms with Crippen molar-refractivity contribution in [1.82, 2.24) is 10.6 Å². The van der Waals surface area contributed by atoms with Crippen molar-refractivity contribution in [3.63, 3.8) is 0 Å². The maximum absolute atomic E-state index is 12.6. The lowest BCUT2D eigenvalue weighted by atomic mass is 10.1. The van der Waals surface area contributed by atoms with E-state index < -0.39 is 28.0 Å². The van der Waals surface area contributed by atoms with E-state index in [1.165, 1.54) is 55.7 Å². The van der Waals surface area contributed by atoms with Crippen LogP contribution in [0.5, 0.6) is 17.2 Å². The van der Waals surface area contributed by atoms with E-state index in [0.29, 0.717) is 11.3 Å². The minimum absolute atomic E-state index is 0.0763. The number of barbiturate groups is 1. The van der Waals surface area contributed by atoms with Crippen molar-refractivity contribution in [3.05, 3.63) is 53.6 Å². The molecule has 0 radical (unpaired) electrons. The van der Waals surface area contributed by atoms with E-state index in [-0.39, 0.29) is 28.6 Å². The van der Waals surface area contributed by atoms with Gasteiger partial charge in [-0.2, -0.15) is 8.42 Å². The first-order chi connectivity index (χ1) is 14.7. The highest BCUT2D eigenvalue weighted by Crippen LogP contribution is 2.32. The van der Waals surface area contributed by atoms with Crippen molar-refractivity contribution in [2.75, 3.05) is 13.7 Å². The van der Waals surface area contributed by atoms with Crippen LogP contribution >= 0.6 is 0 Å². The summed E-state index contributed by atoms with van der Waals surface area (Å²) in [4.78, 5) is 34.8. The highest BCUT2D eigenvalue weighted by molar-refractivity contribution is 7.87. The van der Waals surface area contributed by atoms with Gasteiger partial charge in [-0.1, -0.05) is 6.07 Å². The van der Waals surface area contributed by atoms with E-state index in [1.807, 2.05) is 10.6 Å². The quantitative estimate of drug-likeness (QED) is 0.372. The molecule has 0 unspecified atom stereocenters. The third-order valence-corrected chi connectivity index (χ3v) is 5.32. The fourth-order valence-corrected chi connectivity index (χ4v) is 3.57. The van der Waals surface area contributed by atoms with Gasteiger partial charge in [-0.3, -0.25) is 20.2 Å². The van der Waals surface area contributed by atoms with Gasteiger partial charge in [0.2, 0.25) is 0 Å². The van der Waals surface area contributed by atoms with Crippen LogP contribution in [0.3, 0.4) is 0 Å². The van der Waals surface area contributed by atoms with Gasteiger partial charge in [-0.25, -0.2) is 4.79 Å². The van der Waals surface area contributed by atoms with Crippen molar-refractivity contribution in [2.45, 2.75) is 11.8 Å². The van der Waals surface area contributed by atoms with Crippen LogP contribution in [0.25, 0.3) is 6.08 Å². The van der Waals surface area contributed by atoms with Gasteiger partial charge in [0, 0.05) is 0 Å². The van der Waals surface area contributed by atoms with Crippen molar-refractivity contribution in [1.29, 1.82) is 0 Å². The molecule has 11 heteroatoms. The Morgan fingerprint density at radius 3 is 2.16 bits per heavy atom. The van der Waals surface area contributed by atoms with Crippen LogP contribution < -0.4 is 24.3 Å². The molecule has 0 spiro atoms. The first kappa shape index (κ1) is 21.8. The van der Waals surface area contributed by atoms with Crippen LogP contribution in [0.2, 0.25) is 0 Å². The van der Waals surface area contributed by atoms with Gasteiger partial charge in [0.25, 0.3) is 11.8 Å². The Labute approximate surface area is 177 Å². The number of hydrogen-bond acceptors (Lipinski definition) is 8. The predicted octanol–water partition coefficient (Wildman–Crippen LogP) is 1.61. The SMILES string of the molecule is CCOc1cc(C=C2C(=O)NC(=O)NC2=O)ccc1OS(=O)(=O)c1ccc(OC)cc1. The van der Waals surface area contributed by atoms with Gasteiger partial charge in [0.1, 0.15) is 16.2 Å². The maximum Gasteiger partial charge on any atom is 0.339 e. The van der Waals surface area contributed by atoms with E-state index in [2.05, 4.69) is 0 Å². The van der Waals surface area contributed by atoms with Crippen LogP contribution in [-0.4, -0.2) is 40.0 Å². The minimum atomic E-state index is -4.16. The van der Waals surface area contributed by atoms with Crippen LogP contribution in [-0.2, 0) is 19.7 Å². The molecule has 0 bridgehead atoms. The highest BCUT2D eigenvalue weighted by Gasteiger charge is 2.28. The lowest BCUT2D eigenvalue weighted by molar-refractivity contribution is -0.123. The van der Waals surface area contributed by atoms with E-state index in [9.17, 15) is 22.8 Å². The molecule has 1 fully saturated rings. The summed E-state index contributed by atoms with van der Waals surface area (Å²) in [6, 6.07) is 8.93. The maximum atomic E-state index is 12.6. The molecule has 10 nitrogen and oxygen atoms in total. The summed E-state index contributed by atoms with van der Waals surface area (Å²) in [7, 11) is -2.70. The van der Waals surface area contributed by atoms with Gasteiger partial charge >= 0.3 is 16.1 Å². The standard InChI is InChI=1S/C20H18N2O8S/c1-3-29-17-11-12(10-15-18(23)21-20(25)22-19(15)24)4-9-16(17)30-31(26,27)14-7-5-13(28-2)6-8-14/h4-11H,3H2,1-2H3,(H2,21,22,23,24,25). The van der Waals surface area contributed by atoms with Gasteiger partial charge in [-0.15, -0.1) is 0 Å². The second kappa shape index (κ2) is 8.88. The number of carbonyl (C=O) groups excluding carboxylic acids is 3. The fraction of sp³-hybridized carbons (Fsp3) is 0.150. The molecule has 0 aromatic heterocycles. The molecule has 2 aromatic carbocycles. The monoisotopic (exact) mass is 446 g/mol. The summed E-state index contributed by atoms with van der Waals surface area (Å²) < 4.78 is 40.9. The number of imide groups is 2. The average Bonchev–Trinajstić information content (AvgIpc) is 2.72. The average molecular weight is 446 g/mol. The minimum Gasteiger partial charge on any atom is -0.497 e. The molecule has 4 amide bonds. The Balaban J connectivity index is 1.91. The summed E-state index contributed by atoms with van der Waals surface area (Å²) >= 11 is 0. The summed E-state index contributed by atoms with van der Waals surface area (Å²) in [6.07, 6.45) is 1.24. The first-order valence-corrected chi connectivity index (χ1v) is 10.4. The highest BCUT2D eigenvalue weighted by atomic mass is 32.2. The van der Waals surface area contributed by atoms with E-state index >= 15 is 0 Å². The molecule has 0 saturated carbocycles. The second-order valence-electron chi connectivity index (χ2n) is 6.15. The van der Waals surface area contributed by atoms with Gasteiger partial charge in [0.05, 0.1) is 13.7 Å². The predicted molar refractivity (Wildman–Crippen MR) is 108 cm³/mol. The van der Waals surface area contributed by atoms with Crippen molar-refractivity contribution >= 4 is 34.0 Å². The number of rotatable bonds is 7. The fourth-order valence-electron chi connectivity index (χ4n) is 2.63. The third-order valence-electron chi connectivity index (χ3n) is 4.07. The van der Waals surface area contributed by atoms with E-state index in [1.54, 1.807) is 6.92 Å². The number of ether oxygens (including phenoxy) is 2. The molecule has 2 aromatic rings. The number of carbonyl (C=O) groups is 3. The molecule has 162 valence electrons. The van der Waals surface area contributed by atoms with Crippen molar-refractivity contribution in [3.8, 4) is 17.2 Å². The van der Waals surface area contributed by atoms with E-state index in [4.69, 9.17) is 13.7 Å². The largest absolute Gasteiger partial charge is 0.497 e. The van der Waals surface area contributed by atoms with Gasteiger partial charge < -0.3 is 13.7 Å². The summed E-state index contributed by atoms with van der Waals surface area (Å²) in [5, 5.41) is 3.93. The van der Waals surface area contributed by atoms with E-state index in [0.717, 1.165) is 0 Å². The van der Waals surface area contributed by atoms with Crippen molar-refractivity contribution in [2.24, 2.45) is 0 Å². The van der Waals surface area contributed by atoms with Crippen LogP contribution in [0.1, 0.15) is 12.5 Å². The molecule has 0 atom stereocenters. The molecule has 1 aliphatic rings. The zero-order chi connectivity index (χ0) is 22.6. The van der Waals surface area contributed by atoms with Crippen LogP contribution in [0, 0.1) is 0 Å². The smallest absolute Gasteiger partial charge is 0.339 e. The number of hydrogen-bond donors (Lipinski definition) is 2. The van der Waals surface area contributed by atoms with Crippen LogP contribution in [0.15, 0.2) is 52.9 Å². The van der Waals surface area contributed by atoms with Gasteiger partial charge in [0.15, 0.2) is 11.5 Å². The summed E-state index contributed by atoms with van der Waals surface area (Å²) in [6.45, 7) is 1.90. The summed E-state index contributed by atoms with van der Waals surface area (Å²) in [5.74, 6) is -1.21. The molecule has 1 heterocycles. The normalized spacial score (nSPS) is 13.9. The second-order valence-corrected chi connectivity index (χ2v) is 7.69. The Morgan fingerprint density at radius 2 is 1.58 bits per heavy atom. The van der Waals surface area contributed by atoms with Crippen LogP contribution in [0.4, 0.5) is 4.79 Å². The first-order valence-electron chi connectivity index (χ1n) is 8.97. The Bertz CT molecular complexity index is 1150. The molecule has 2 N–H and O–H groups in total. The lowest BCUT2D eigenvalue weighted by Gasteiger charge is -2.15. The summed E-state index contributed by atoms with van der Waals surface area (Å²) in [5.41, 5.74) is 0.0638. The Hall–Kier alpha value is -3.86. The molecule has 0 aliphatic carbocycles. The molecule has 1 saturated heterocycles. The number of urea groups is 1. The number of nitrogens with one attached hydrogen (secondary N) is 2. The zero-order valence-electron chi connectivity index (χ0n) is 16.5. The molecular formula is C20H18N2O8S. The topological polar surface area (TPSA) is 137 Å². The Morgan fingerprint density at radius 1 is 0.935 bits per heavy atom. The third kappa shape index (κ3) is 5.01. The molecule has 3 rings (SSSR count). The lowest BCUT2D eigenvalue weighted by Crippen LogP contribution is -2.51. The molecule has 1 aliphatic heterocycles. The molecular weight excluding hydrogens is 428 g/mol. The zero-order valence-corrected chi connectivity index (χ0v) is 17.3. The molecule has 31 heavy (non-hydrogen) atoms. The van der Waals surface area contributed by atoms with Crippen molar-refractivity contribution < 1.29 is 36.5 Å². The number of amides is 4. The number of methoxy groups -OCH3 is 1. The van der Waals surface area contributed by atoms with Gasteiger partial charge in [-0.05, 0) is 55.0 Å². The number of benzene rings is 2.